The molecule has 3 heterocycles. The van der Waals surface area contributed by atoms with Crippen LogP contribution in [-0.2, 0) is 11.3 Å². The second kappa shape index (κ2) is 6.57. The molecule has 2 aliphatic heterocycles. The highest BCUT2D eigenvalue weighted by atomic mass is 16.6. The van der Waals surface area contributed by atoms with Crippen molar-refractivity contribution in [3.05, 3.63) is 48.0 Å². The molecule has 138 valence electrons. The highest BCUT2D eigenvalue weighted by molar-refractivity contribution is 5.80. The number of rotatable bonds is 3. The van der Waals surface area contributed by atoms with Gasteiger partial charge in [-0.25, -0.2) is 4.68 Å². The molecule has 1 atom stereocenters. The Morgan fingerprint density at radius 3 is 2.89 bits per heavy atom. The van der Waals surface area contributed by atoms with Gasteiger partial charge in [0.25, 0.3) is 0 Å². The van der Waals surface area contributed by atoms with Gasteiger partial charge in [0.05, 0.1) is 11.6 Å². The average Bonchev–Trinajstić information content (AvgIpc) is 3.35. The first-order chi connectivity index (χ1) is 13.3. The second-order valence-corrected chi connectivity index (χ2v) is 6.88. The van der Waals surface area contributed by atoms with E-state index in [-0.39, 0.29) is 18.5 Å². The molecule has 0 saturated carbocycles. The number of carbonyl (C=O) groups excluding carboxylic acids is 1. The molecular weight excluding hydrogens is 344 g/mol. The summed E-state index contributed by atoms with van der Waals surface area (Å²) < 4.78 is 13.0. The summed E-state index contributed by atoms with van der Waals surface area (Å²) in [6.07, 6.45) is 1.94. The van der Waals surface area contributed by atoms with Crippen molar-refractivity contribution in [2.24, 2.45) is 0 Å². The summed E-state index contributed by atoms with van der Waals surface area (Å²) in [5, 5.41) is 8.28. The lowest BCUT2D eigenvalue weighted by Crippen LogP contribution is -2.33. The van der Waals surface area contributed by atoms with Crippen molar-refractivity contribution in [1.29, 1.82) is 0 Å². The molecule has 0 spiro atoms. The Labute approximate surface area is 156 Å². The van der Waals surface area contributed by atoms with E-state index in [9.17, 15) is 4.79 Å². The molecule has 1 aromatic heterocycles. The van der Waals surface area contributed by atoms with Crippen molar-refractivity contribution < 1.29 is 14.3 Å². The number of fused-ring (bicyclic) bond motifs is 2. The van der Waals surface area contributed by atoms with Crippen LogP contribution in [0.4, 0.5) is 0 Å². The number of likely N-dealkylation sites (tertiary alicyclic amines) is 1. The zero-order valence-corrected chi connectivity index (χ0v) is 14.9. The number of ether oxygens (including phenoxy) is 2. The maximum absolute atomic E-state index is 13.0. The first kappa shape index (κ1) is 16.1. The van der Waals surface area contributed by atoms with Crippen LogP contribution in [0.25, 0.3) is 11.0 Å². The van der Waals surface area contributed by atoms with Crippen LogP contribution in [0.15, 0.2) is 42.5 Å². The highest BCUT2D eigenvalue weighted by Gasteiger charge is 2.31. The van der Waals surface area contributed by atoms with Gasteiger partial charge >= 0.3 is 0 Å². The van der Waals surface area contributed by atoms with E-state index in [0.29, 0.717) is 13.2 Å². The van der Waals surface area contributed by atoms with Gasteiger partial charge < -0.3 is 14.4 Å². The summed E-state index contributed by atoms with van der Waals surface area (Å²) in [7, 11) is 0. The Balaban J connectivity index is 1.38. The standard InChI is InChI=1S/C20H20N4O3/c25-20(13-24-17-5-2-1-4-15(17)21-22-24)23-9-3-6-16(23)14-7-8-18-19(12-14)27-11-10-26-18/h1-2,4-5,7-8,12,16H,3,6,9-11,13H2/t16-/m1/s1. The van der Waals surface area contributed by atoms with Gasteiger partial charge in [-0.1, -0.05) is 23.4 Å². The van der Waals surface area contributed by atoms with Gasteiger partial charge in [0, 0.05) is 6.54 Å². The normalized spacial score (nSPS) is 18.8. The Morgan fingerprint density at radius 1 is 1.11 bits per heavy atom. The second-order valence-electron chi connectivity index (χ2n) is 6.88. The van der Waals surface area contributed by atoms with Gasteiger partial charge in [-0.3, -0.25) is 4.79 Å². The van der Waals surface area contributed by atoms with E-state index < -0.39 is 0 Å². The molecule has 0 N–H and O–H groups in total. The Morgan fingerprint density at radius 2 is 1.96 bits per heavy atom. The minimum absolute atomic E-state index is 0.0584. The van der Waals surface area contributed by atoms with Crippen LogP contribution in [0.5, 0.6) is 11.5 Å². The summed E-state index contributed by atoms with van der Waals surface area (Å²) >= 11 is 0. The Kier molecular flexibility index (Phi) is 3.92. The van der Waals surface area contributed by atoms with Gasteiger partial charge in [0.15, 0.2) is 11.5 Å². The van der Waals surface area contributed by atoms with Crippen molar-refractivity contribution in [1.82, 2.24) is 19.9 Å². The number of benzene rings is 2. The van der Waals surface area contributed by atoms with Gasteiger partial charge in [-0.05, 0) is 42.7 Å². The average molecular weight is 364 g/mol. The molecule has 0 aliphatic carbocycles. The van der Waals surface area contributed by atoms with Gasteiger partial charge in [0.2, 0.25) is 5.91 Å². The minimum Gasteiger partial charge on any atom is -0.486 e. The molecule has 1 fully saturated rings. The summed E-state index contributed by atoms with van der Waals surface area (Å²) in [4.78, 5) is 15.0. The first-order valence-corrected chi connectivity index (χ1v) is 9.27. The minimum atomic E-state index is 0.0584. The predicted molar refractivity (Wildman–Crippen MR) is 98.6 cm³/mol. The largest absolute Gasteiger partial charge is 0.486 e. The van der Waals surface area contributed by atoms with Gasteiger partial charge in [-0.15, -0.1) is 5.10 Å². The first-order valence-electron chi connectivity index (χ1n) is 9.27. The van der Waals surface area contributed by atoms with Crippen LogP contribution in [0, 0.1) is 0 Å². The lowest BCUT2D eigenvalue weighted by atomic mass is 10.0. The van der Waals surface area contributed by atoms with Crippen molar-refractivity contribution in [2.75, 3.05) is 19.8 Å². The zero-order chi connectivity index (χ0) is 18.2. The number of carbonyl (C=O) groups is 1. The molecule has 1 saturated heterocycles. The molecular formula is C20H20N4O3. The van der Waals surface area contributed by atoms with E-state index in [1.165, 1.54) is 0 Å². The Hall–Kier alpha value is -3.09. The van der Waals surface area contributed by atoms with E-state index in [0.717, 1.165) is 47.5 Å². The van der Waals surface area contributed by atoms with Gasteiger partial charge in [-0.2, -0.15) is 0 Å². The summed E-state index contributed by atoms with van der Waals surface area (Å²) in [5.74, 6) is 1.60. The zero-order valence-electron chi connectivity index (χ0n) is 14.9. The molecule has 5 rings (SSSR count). The summed E-state index contributed by atoms with van der Waals surface area (Å²) in [6, 6.07) is 13.7. The van der Waals surface area contributed by atoms with Crippen molar-refractivity contribution >= 4 is 16.9 Å². The van der Waals surface area contributed by atoms with E-state index in [1.54, 1.807) is 4.68 Å². The predicted octanol–water partition coefficient (Wildman–Crippen LogP) is 2.57. The van der Waals surface area contributed by atoms with Crippen molar-refractivity contribution in [3.8, 4) is 11.5 Å². The van der Waals surface area contributed by atoms with E-state index in [2.05, 4.69) is 10.3 Å². The van der Waals surface area contributed by atoms with Crippen LogP contribution < -0.4 is 9.47 Å². The fourth-order valence-corrected chi connectivity index (χ4v) is 3.93. The third kappa shape index (κ3) is 2.89. The van der Waals surface area contributed by atoms with Crippen LogP contribution in [0.1, 0.15) is 24.4 Å². The molecule has 7 heteroatoms. The number of nitrogens with zero attached hydrogens (tertiary/aromatic N) is 4. The number of hydrogen-bond acceptors (Lipinski definition) is 5. The number of hydrogen-bond donors (Lipinski definition) is 0. The Bertz CT molecular complexity index is 1000. The molecule has 0 bridgehead atoms. The molecule has 2 aliphatic rings. The van der Waals surface area contributed by atoms with Crippen molar-refractivity contribution in [3.63, 3.8) is 0 Å². The summed E-state index contributed by atoms with van der Waals surface area (Å²) in [5.41, 5.74) is 2.77. The van der Waals surface area contributed by atoms with Crippen molar-refractivity contribution in [2.45, 2.75) is 25.4 Å². The smallest absolute Gasteiger partial charge is 0.244 e. The molecule has 7 nitrogen and oxygen atoms in total. The maximum Gasteiger partial charge on any atom is 0.244 e. The van der Waals surface area contributed by atoms with E-state index >= 15 is 0 Å². The lowest BCUT2D eigenvalue weighted by Gasteiger charge is -2.26. The number of para-hydroxylation sites is 1. The third-order valence-electron chi connectivity index (χ3n) is 5.23. The molecule has 2 aromatic carbocycles. The monoisotopic (exact) mass is 364 g/mol. The summed E-state index contributed by atoms with van der Waals surface area (Å²) in [6.45, 7) is 2.08. The topological polar surface area (TPSA) is 69.5 Å². The molecule has 27 heavy (non-hydrogen) atoms. The van der Waals surface area contributed by atoms with E-state index in [1.807, 2.05) is 47.4 Å². The fourth-order valence-electron chi connectivity index (χ4n) is 3.93. The van der Waals surface area contributed by atoms with E-state index in [4.69, 9.17) is 9.47 Å². The third-order valence-corrected chi connectivity index (χ3v) is 5.23. The highest BCUT2D eigenvalue weighted by Crippen LogP contribution is 2.38. The quantitative estimate of drug-likeness (QED) is 0.714. The SMILES string of the molecule is O=C(Cn1nnc2ccccc21)N1CCC[C@@H]1c1ccc2c(c1)OCCO2. The lowest BCUT2D eigenvalue weighted by molar-refractivity contribution is -0.132. The van der Waals surface area contributed by atoms with Crippen LogP contribution in [0.3, 0.4) is 0 Å². The number of amides is 1. The van der Waals surface area contributed by atoms with Crippen LogP contribution in [0.2, 0.25) is 0 Å². The fraction of sp³-hybridized carbons (Fsp3) is 0.350. The maximum atomic E-state index is 13.0. The van der Waals surface area contributed by atoms with Gasteiger partial charge in [0.1, 0.15) is 25.3 Å². The molecule has 3 aromatic rings. The van der Waals surface area contributed by atoms with Crippen LogP contribution in [-0.4, -0.2) is 45.6 Å². The number of aromatic nitrogens is 3. The van der Waals surface area contributed by atoms with Crippen LogP contribution >= 0.6 is 0 Å². The molecule has 0 unspecified atom stereocenters. The molecule has 1 amide bonds. The molecule has 0 radical (unpaired) electrons.